The number of carbonyl (C=O) groups is 1. The number of nitrogens with zero attached hydrogens (tertiary/aromatic N) is 2. The summed E-state index contributed by atoms with van der Waals surface area (Å²) in [5.41, 5.74) is 1.50. The van der Waals surface area contributed by atoms with Crippen molar-refractivity contribution < 1.29 is 9.53 Å². The third kappa shape index (κ3) is 2.85. The highest BCUT2D eigenvalue weighted by molar-refractivity contribution is 5.80. The van der Waals surface area contributed by atoms with Crippen molar-refractivity contribution in [2.45, 2.75) is 39.3 Å². The zero-order valence-corrected chi connectivity index (χ0v) is 11.2. The molecule has 0 aliphatic carbocycles. The van der Waals surface area contributed by atoms with E-state index in [4.69, 9.17) is 4.74 Å². The van der Waals surface area contributed by atoms with E-state index in [9.17, 15) is 4.79 Å². The molecule has 0 radical (unpaired) electrons. The van der Waals surface area contributed by atoms with Gasteiger partial charge in [-0.15, -0.1) is 0 Å². The number of methoxy groups -OCH3 is 1. The zero-order chi connectivity index (χ0) is 13.1. The molecule has 0 fully saturated rings. The molecule has 1 aromatic rings. The Morgan fingerprint density at radius 3 is 2.65 bits per heavy atom. The van der Waals surface area contributed by atoms with E-state index in [1.165, 1.54) is 7.11 Å². The molecular weight excluding hydrogens is 218 g/mol. The molecule has 0 saturated heterocycles. The summed E-state index contributed by atoms with van der Waals surface area (Å²) < 4.78 is 6.85. The Labute approximate surface area is 102 Å². The number of aryl methyl sites for hydroxylation is 2. The van der Waals surface area contributed by atoms with Crippen molar-refractivity contribution in [3.63, 3.8) is 0 Å². The molecule has 1 aromatic heterocycles. The number of likely N-dealkylation sites (N-methyl/N-ethyl adjacent to an activating group) is 1. The van der Waals surface area contributed by atoms with E-state index in [1.807, 2.05) is 25.3 Å². The van der Waals surface area contributed by atoms with Crippen molar-refractivity contribution in [1.29, 1.82) is 0 Å². The fourth-order valence-corrected chi connectivity index (χ4v) is 1.67. The molecule has 1 unspecified atom stereocenters. The molecule has 1 rings (SSSR count). The maximum atomic E-state index is 11.7. The molecule has 5 nitrogen and oxygen atoms in total. The van der Waals surface area contributed by atoms with Gasteiger partial charge < -0.3 is 14.6 Å². The van der Waals surface area contributed by atoms with Gasteiger partial charge in [0.15, 0.2) is 0 Å². The Morgan fingerprint density at radius 1 is 1.59 bits per heavy atom. The third-order valence-electron chi connectivity index (χ3n) is 3.39. The van der Waals surface area contributed by atoms with Gasteiger partial charge >= 0.3 is 5.97 Å². The summed E-state index contributed by atoms with van der Waals surface area (Å²) in [4.78, 5) is 15.9. The Hall–Kier alpha value is -1.36. The number of hydrogen-bond donors (Lipinski definition) is 1. The van der Waals surface area contributed by atoms with Crippen molar-refractivity contribution in [3.05, 3.63) is 17.7 Å². The minimum absolute atomic E-state index is 0.241. The van der Waals surface area contributed by atoms with Gasteiger partial charge in [-0.2, -0.15) is 0 Å². The minimum atomic E-state index is -0.653. The van der Waals surface area contributed by atoms with E-state index < -0.39 is 5.54 Å². The molecule has 1 heterocycles. The SMILES string of the molecule is CNC(C)(CCn1cnc(C)c1C)C(=O)OC. The van der Waals surface area contributed by atoms with Crippen LogP contribution in [-0.4, -0.2) is 35.2 Å². The number of aromatic nitrogens is 2. The fourth-order valence-electron chi connectivity index (χ4n) is 1.67. The van der Waals surface area contributed by atoms with E-state index >= 15 is 0 Å². The molecule has 1 N–H and O–H groups in total. The lowest BCUT2D eigenvalue weighted by Gasteiger charge is -2.26. The quantitative estimate of drug-likeness (QED) is 0.780. The maximum Gasteiger partial charge on any atom is 0.325 e. The van der Waals surface area contributed by atoms with Crippen LogP contribution in [0.15, 0.2) is 6.33 Å². The van der Waals surface area contributed by atoms with Gasteiger partial charge in [0.25, 0.3) is 0 Å². The topological polar surface area (TPSA) is 56.2 Å². The molecule has 0 spiro atoms. The molecule has 5 heteroatoms. The van der Waals surface area contributed by atoms with Crippen molar-refractivity contribution in [1.82, 2.24) is 14.9 Å². The van der Waals surface area contributed by atoms with Crippen molar-refractivity contribution in [2.24, 2.45) is 0 Å². The van der Waals surface area contributed by atoms with Crippen molar-refractivity contribution >= 4 is 5.97 Å². The number of rotatable bonds is 5. The first-order chi connectivity index (χ1) is 7.94. The number of carbonyl (C=O) groups excluding carboxylic acids is 1. The van der Waals surface area contributed by atoms with Crippen LogP contribution in [-0.2, 0) is 16.1 Å². The Balaban J connectivity index is 2.71. The highest BCUT2D eigenvalue weighted by atomic mass is 16.5. The summed E-state index contributed by atoms with van der Waals surface area (Å²) in [5, 5.41) is 3.02. The molecular formula is C12H21N3O2. The average molecular weight is 239 g/mol. The van der Waals surface area contributed by atoms with Gasteiger partial charge in [-0.1, -0.05) is 0 Å². The predicted octanol–water partition coefficient (Wildman–Crippen LogP) is 1.04. The second-order valence-electron chi connectivity index (χ2n) is 4.43. The van der Waals surface area contributed by atoms with Crippen LogP contribution in [0.1, 0.15) is 24.7 Å². The van der Waals surface area contributed by atoms with E-state index in [-0.39, 0.29) is 5.97 Å². The van der Waals surface area contributed by atoms with Crippen LogP contribution in [0.3, 0.4) is 0 Å². The van der Waals surface area contributed by atoms with E-state index in [0.29, 0.717) is 6.42 Å². The predicted molar refractivity (Wildman–Crippen MR) is 65.8 cm³/mol. The van der Waals surface area contributed by atoms with E-state index in [2.05, 4.69) is 10.3 Å². The number of nitrogens with one attached hydrogen (secondary N) is 1. The van der Waals surface area contributed by atoms with Gasteiger partial charge in [0.1, 0.15) is 5.54 Å². The Bertz CT molecular complexity index is 400. The Kier molecular flexibility index (Phi) is 4.28. The normalized spacial score (nSPS) is 14.4. The highest BCUT2D eigenvalue weighted by Gasteiger charge is 2.32. The first-order valence-electron chi connectivity index (χ1n) is 5.70. The lowest BCUT2D eigenvalue weighted by molar-refractivity contribution is -0.148. The van der Waals surface area contributed by atoms with Crippen LogP contribution in [0.5, 0.6) is 0 Å². The van der Waals surface area contributed by atoms with Gasteiger partial charge in [-0.3, -0.25) is 4.79 Å². The minimum Gasteiger partial charge on any atom is -0.468 e. The van der Waals surface area contributed by atoms with Crippen LogP contribution in [0.25, 0.3) is 0 Å². The summed E-state index contributed by atoms with van der Waals surface area (Å²) in [7, 11) is 3.17. The number of ether oxygens (including phenoxy) is 1. The van der Waals surface area contributed by atoms with Crippen LogP contribution in [0.2, 0.25) is 0 Å². The molecule has 0 bridgehead atoms. The molecule has 17 heavy (non-hydrogen) atoms. The maximum absolute atomic E-state index is 11.7. The standard InChI is InChI=1S/C12H21N3O2/c1-9-10(2)15(8-14-9)7-6-12(3,13-4)11(16)17-5/h8,13H,6-7H2,1-5H3. The van der Waals surface area contributed by atoms with Gasteiger partial charge in [0.2, 0.25) is 0 Å². The second-order valence-corrected chi connectivity index (χ2v) is 4.43. The largest absolute Gasteiger partial charge is 0.468 e. The monoisotopic (exact) mass is 239 g/mol. The first kappa shape index (κ1) is 13.7. The summed E-state index contributed by atoms with van der Waals surface area (Å²) in [6.07, 6.45) is 2.46. The van der Waals surface area contributed by atoms with Crippen LogP contribution in [0.4, 0.5) is 0 Å². The summed E-state index contributed by atoms with van der Waals surface area (Å²) in [5.74, 6) is -0.241. The van der Waals surface area contributed by atoms with Crippen LogP contribution < -0.4 is 5.32 Å². The zero-order valence-electron chi connectivity index (χ0n) is 11.2. The third-order valence-corrected chi connectivity index (χ3v) is 3.39. The number of esters is 1. The van der Waals surface area contributed by atoms with E-state index in [1.54, 1.807) is 13.4 Å². The fraction of sp³-hybridized carbons (Fsp3) is 0.667. The van der Waals surface area contributed by atoms with Crippen molar-refractivity contribution in [3.8, 4) is 0 Å². The lowest BCUT2D eigenvalue weighted by Crippen LogP contribution is -2.49. The van der Waals surface area contributed by atoms with Crippen LogP contribution >= 0.6 is 0 Å². The Morgan fingerprint density at radius 2 is 2.24 bits per heavy atom. The molecule has 0 aliphatic rings. The van der Waals surface area contributed by atoms with Crippen molar-refractivity contribution in [2.75, 3.05) is 14.2 Å². The van der Waals surface area contributed by atoms with Gasteiger partial charge in [-0.25, -0.2) is 4.98 Å². The lowest BCUT2D eigenvalue weighted by atomic mass is 9.98. The first-order valence-corrected chi connectivity index (χ1v) is 5.70. The molecule has 0 amide bonds. The summed E-state index contributed by atoms with van der Waals surface area (Å²) in [6.45, 7) is 6.58. The summed E-state index contributed by atoms with van der Waals surface area (Å²) in [6, 6.07) is 0. The van der Waals surface area contributed by atoms with Crippen LogP contribution in [0, 0.1) is 13.8 Å². The smallest absolute Gasteiger partial charge is 0.325 e. The molecule has 0 aliphatic heterocycles. The molecule has 0 saturated carbocycles. The van der Waals surface area contributed by atoms with E-state index in [0.717, 1.165) is 17.9 Å². The average Bonchev–Trinajstić information content (AvgIpc) is 2.66. The molecule has 1 atom stereocenters. The van der Waals surface area contributed by atoms with Gasteiger partial charge in [-0.05, 0) is 34.2 Å². The summed E-state index contributed by atoms with van der Waals surface area (Å²) >= 11 is 0. The molecule has 0 aromatic carbocycles. The van der Waals surface area contributed by atoms with Gasteiger partial charge in [0, 0.05) is 12.2 Å². The van der Waals surface area contributed by atoms with Gasteiger partial charge in [0.05, 0.1) is 19.1 Å². The second kappa shape index (κ2) is 5.31. The number of hydrogen-bond acceptors (Lipinski definition) is 4. The highest BCUT2D eigenvalue weighted by Crippen LogP contribution is 2.14. The molecule has 96 valence electrons. The number of imidazole rings is 1.